The van der Waals surface area contributed by atoms with Crippen molar-refractivity contribution in [3.63, 3.8) is 0 Å². The summed E-state index contributed by atoms with van der Waals surface area (Å²) in [5, 5.41) is 12.4. The van der Waals surface area contributed by atoms with Gasteiger partial charge in [-0.1, -0.05) is 35.5 Å². The summed E-state index contributed by atoms with van der Waals surface area (Å²) < 4.78 is 16.3. The quantitative estimate of drug-likeness (QED) is 0.332. The van der Waals surface area contributed by atoms with Crippen molar-refractivity contribution in [1.29, 1.82) is 0 Å². The van der Waals surface area contributed by atoms with Crippen molar-refractivity contribution >= 4 is 34.7 Å². The van der Waals surface area contributed by atoms with E-state index < -0.39 is 0 Å². The topological polar surface area (TPSA) is 70.3 Å². The second-order valence-corrected chi connectivity index (χ2v) is 8.10. The number of thiazole rings is 1. The molecule has 29 heavy (non-hydrogen) atoms. The highest BCUT2D eigenvalue weighted by molar-refractivity contribution is 7.98. The SMILES string of the molecule is COc1ccc(-c2nnc(SCc3csc(-c4ccc(Cl)cc4)n3)o2)cc1OC. The van der Waals surface area contributed by atoms with Gasteiger partial charge < -0.3 is 13.9 Å². The van der Waals surface area contributed by atoms with Gasteiger partial charge in [-0.3, -0.25) is 0 Å². The number of rotatable bonds is 7. The molecule has 0 spiro atoms. The summed E-state index contributed by atoms with van der Waals surface area (Å²) in [5.74, 6) is 2.31. The zero-order valence-corrected chi connectivity index (χ0v) is 18.0. The molecule has 0 atom stereocenters. The fourth-order valence-corrected chi connectivity index (χ4v) is 4.30. The monoisotopic (exact) mass is 445 g/mol. The third-order valence-electron chi connectivity index (χ3n) is 4.02. The van der Waals surface area contributed by atoms with Crippen LogP contribution >= 0.6 is 34.7 Å². The van der Waals surface area contributed by atoms with Gasteiger partial charge in [0.2, 0.25) is 5.89 Å². The Morgan fingerprint density at radius 3 is 2.52 bits per heavy atom. The first kappa shape index (κ1) is 19.8. The van der Waals surface area contributed by atoms with Crippen molar-refractivity contribution in [3.05, 3.63) is 58.6 Å². The highest BCUT2D eigenvalue weighted by Gasteiger charge is 2.13. The van der Waals surface area contributed by atoms with Crippen LogP contribution < -0.4 is 9.47 Å². The predicted molar refractivity (Wildman–Crippen MR) is 115 cm³/mol. The van der Waals surface area contributed by atoms with Crippen molar-refractivity contribution in [3.8, 4) is 33.5 Å². The number of hydrogen-bond acceptors (Lipinski definition) is 8. The Balaban J connectivity index is 1.43. The lowest BCUT2D eigenvalue weighted by molar-refractivity contribution is 0.355. The molecule has 0 radical (unpaired) electrons. The van der Waals surface area contributed by atoms with E-state index in [9.17, 15) is 0 Å². The molecule has 0 saturated carbocycles. The van der Waals surface area contributed by atoms with Gasteiger partial charge in [-0.05, 0) is 30.3 Å². The molecule has 0 fully saturated rings. The standard InChI is InChI=1S/C20H16ClN3O3S2/c1-25-16-8-5-13(9-17(16)26-2)18-23-24-20(27-18)29-11-15-10-28-19(22-15)12-3-6-14(21)7-4-12/h3-10H,11H2,1-2H3. The normalized spacial score (nSPS) is 10.9. The Labute approximate surface area is 180 Å². The number of methoxy groups -OCH3 is 2. The van der Waals surface area contributed by atoms with Crippen LogP contribution in [0.4, 0.5) is 0 Å². The van der Waals surface area contributed by atoms with Gasteiger partial charge in [0.15, 0.2) is 11.5 Å². The second-order valence-electron chi connectivity index (χ2n) is 5.88. The van der Waals surface area contributed by atoms with Gasteiger partial charge >= 0.3 is 0 Å². The molecule has 4 aromatic rings. The number of ether oxygens (including phenoxy) is 2. The van der Waals surface area contributed by atoms with Gasteiger partial charge in [0.1, 0.15) is 5.01 Å². The molecule has 0 aliphatic carbocycles. The van der Waals surface area contributed by atoms with Crippen LogP contribution in [0.1, 0.15) is 5.69 Å². The number of halogens is 1. The zero-order chi connectivity index (χ0) is 20.2. The summed E-state index contributed by atoms with van der Waals surface area (Å²) in [5.41, 5.74) is 2.76. The molecule has 0 amide bonds. The smallest absolute Gasteiger partial charge is 0.277 e. The van der Waals surface area contributed by atoms with Crippen LogP contribution in [0.15, 0.2) is 57.5 Å². The average molecular weight is 446 g/mol. The van der Waals surface area contributed by atoms with Crippen molar-refractivity contribution in [1.82, 2.24) is 15.2 Å². The lowest BCUT2D eigenvalue weighted by Crippen LogP contribution is -1.90. The highest BCUT2D eigenvalue weighted by atomic mass is 35.5. The third kappa shape index (κ3) is 4.55. The summed E-state index contributed by atoms with van der Waals surface area (Å²) >= 11 is 8.98. The molecule has 2 aromatic heterocycles. The molecule has 148 valence electrons. The summed E-state index contributed by atoms with van der Waals surface area (Å²) in [6, 6.07) is 13.1. The van der Waals surface area contributed by atoms with E-state index in [4.69, 9.17) is 25.5 Å². The minimum atomic E-state index is 0.425. The number of nitrogens with zero attached hydrogens (tertiary/aromatic N) is 3. The second kappa shape index (κ2) is 8.86. The van der Waals surface area contributed by atoms with E-state index in [0.717, 1.165) is 21.8 Å². The molecule has 0 unspecified atom stereocenters. The van der Waals surface area contributed by atoms with Gasteiger partial charge in [-0.25, -0.2) is 4.98 Å². The van der Waals surface area contributed by atoms with Gasteiger partial charge in [0, 0.05) is 27.3 Å². The van der Waals surface area contributed by atoms with E-state index in [0.29, 0.717) is 33.4 Å². The van der Waals surface area contributed by atoms with E-state index in [1.807, 2.05) is 35.7 Å². The molecular formula is C20H16ClN3O3S2. The maximum Gasteiger partial charge on any atom is 0.277 e. The lowest BCUT2D eigenvalue weighted by Gasteiger charge is -2.07. The van der Waals surface area contributed by atoms with Crippen LogP contribution in [0.2, 0.25) is 5.02 Å². The summed E-state index contributed by atoms with van der Waals surface area (Å²) in [4.78, 5) is 4.67. The molecular weight excluding hydrogens is 430 g/mol. The van der Waals surface area contributed by atoms with Crippen molar-refractivity contribution in [2.45, 2.75) is 11.0 Å². The van der Waals surface area contributed by atoms with Crippen LogP contribution in [0.5, 0.6) is 11.5 Å². The Kier molecular flexibility index (Phi) is 6.03. The van der Waals surface area contributed by atoms with Gasteiger partial charge in [-0.2, -0.15) is 0 Å². The first-order valence-electron chi connectivity index (χ1n) is 8.55. The predicted octanol–water partition coefficient (Wildman–Crippen LogP) is 5.82. The Morgan fingerprint density at radius 2 is 1.76 bits per heavy atom. The molecule has 4 rings (SSSR count). The highest BCUT2D eigenvalue weighted by Crippen LogP contribution is 2.33. The van der Waals surface area contributed by atoms with Crippen LogP contribution in [0.3, 0.4) is 0 Å². The number of thioether (sulfide) groups is 1. The van der Waals surface area contributed by atoms with E-state index in [2.05, 4.69) is 15.2 Å². The number of aromatic nitrogens is 3. The molecule has 6 nitrogen and oxygen atoms in total. The zero-order valence-electron chi connectivity index (χ0n) is 15.6. The van der Waals surface area contributed by atoms with E-state index in [-0.39, 0.29) is 0 Å². The minimum Gasteiger partial charge on any atom is -0.493 e. The fraction of sp³-hybridized carbons (Fsp3) is 0.150. The maximum absolute atomic E-state index is 5.94. The van der Waals surface area contributed by atoms with Crippen LogP contribution in [0, 0.1) is 0 Å². The van der Waals surface area contributed by atoms with Crippen molar-refractivity contribution in [2.75, 3.05) is 14.2 Å². The lowest BCUT2D eigenvalue weighted by atomic mass is 10.2. The van der Waals surface area contributed by atoms with Crippen molar-refractivity contribution < 1.29 is 13.9 Å². The Morgan fingerprint density at radius 1 is 1.00 bits per heavy atom. The van der Waals surface area contributed by atoms with E-state index in [1.54, 1.807) is 37.7 Å². The molecule has 2 aromatic carbocycles. The first-order valence-corrected chi connectivity index (χ1v) is 10.8. The first-order chi connectivity index (χ1) is 14.2. The maximum atomic E-state index is 5.94. The minimum absolute atomic E-state index is 0.425. The average Bonchev–Trinajstić information content (AvgIpc) is 3.42. The molecule has 0 aliphatic rings. The molecule has 0 bridgehead atoms. The van der Waals surface area contributed by atoms with E-state index in [1.165, 1.54) is 11.8 Å². The van der Waals surface area contributed by atoms with Crippen LogP contribution in [0.25, 0.3) is 22.0 Å². The van der Waals surface area contributed by atoms with Crippen LogP contribution in [-0.2, 0) is 5.75 Å². The molecule has 0 aliphatic heterocycles. The molecule has 0 saturated heterocycles. The molecule has 0 N–H and O–H groups in total. The van der Waals surface area contributed by atoms with Gasteiger partial charge in [0.25, 0.3) is 5.22 Å². The van der Waals surface area contributed by atoms with Gasteiger partial charge in [0.05, 0.1) is 19.9 Å². The summed E-state index contributed by atoms with van der Waals surface area (Å²) in [7, 11) is 3.18. The van der Waals surface area contributed by atoms with Crippen LogP contribution in [-0.4, -0.2) is 29.4 Å². The van der Waals surface area contributed by atoms with Crippen molar-refractivity contribution in [2.24, 2.45) is 0 Å². The molecule has 9 heteroatoms. The number of hydrogen-bond donors (Lipinski definition) is 0. The van der Waals surface area contributed by atoms with Gasteiger partial charge in [-0.15, -0.1) is 21.5 Å². The summed E-state index contributed by atoms with van der Waals surface area (Å²) in [6.45, 7) is 0. The molecule has 2 heterocycles. The largest absolute Gasteiger partial charge is 0.493 e. The Bertz CT molecular complexity index is 1110. The third-order valence-corrected chi connectivity index (χ3v) is 6.07. The fourth-order valence-electron chi connectivity index (χ4n) is 2.59. The number of benzene rings is 2. The Hall–Kier alpha value is -2.55. The van der Waals surface area contributed by atoms with E-state index >= 15 is 0 Å². The summed E-state index contributed by atoms with van der Waals surface area (Å²) in [6.07, 6.45) is 0.